The van der Waals surface area contributed by atoms with E-state index in [9.17, 15) is 0 Å². The molecule has 20 heavy (non-hydrogen) atoms. The summed E-state index contributed by atoms with van der Waals surface area (Å²) in [5.74, 6) is 0.971. The van der Waals surface area contributed by atoms with Gasteiger partial charge < -0.3 is 4.74 Å². The van der Waals surface area contributed by atoms with E-state index >= 15 is 0 Å². The maximum atomic E-state index is 6.08. The van der Waals surface area contributed by atoms with Crippen molar-refractivity contribution < 1.29 is 4.74 Å². The molecule has 0 spiro atoms. The van der Waals surface area contributed by atoms with Gasteiger partial charge in [0, 0.05) is 29.4 Å². The Morgan fingerprint density at radius 2 is 2.25 bits per heavy atom. The van der Waals surface area contributed by atoms with Crippen LogP contribution in [-0.4, -0.2) is 20.9 Å². The van der Waals surface area contributed by atoms with Crippen LogP contribution in [0.2, 0.25) is 0 Å². The SMILES string of the molecule is CCc1ccc(-c2nn3c(c2C)OC2CCC3C2)cn1. The van der Waals surface area contributed by atoms with E-state index in [-0.39, 0.29) is 0 Å². The molecule has 2 aromatic rings. The first-order valence-electron chi connectivity index (χ1n) is 7.47. The van der Waals surface area contributed by atoms with E-state index in [4.69, 9.17) is 9.84 Å². The molecular formula is C16H19N3O. The molecule has 4 heteroatoms. The second-order valence-electron chi connectivity index (χ2n) is 5.82. The molecule has 2 bridgehead atoms. The van der Waals surface area contributed by atoms with Gasteiger partial charge in [-0.15, -0.1) is 0 Å². The number of aromatic nitrogens is 3. The van der Waals surface area contributed by atoms with Crippen molar-refractivity contribution in [1.29, 1.82) is 0 Å². The van der Waals surface area contributed by atoms with Crippen LogP contribution in [0.4, 0.5) is 0 Å². The minimum Gasteiger partial charge on any atom is -0.474 e. The largest absolute Gasteiger partial charge is 0.474 e. The zero-order valence-corrected chi connectivity index (χ0v) is 12.0. The van der Waals surface area contributed by atoms with Crippen molar-refractivity contribution >= 4 is 0 Å². The van der Waals surface area contributed by atoms with Crippen molar-refractivity contribution in [3.8, 4) is 17.1 Å². The third kappa shape index (κ3) is 1.67. The smallest absolute Gasteiger partial charge is 0.215 e. The molecule has 1 saturated carbocycles. The lowest BCUT2D eigenvalue weighted by Crippen LogP contribution is -2.22. The van der Waals surface area contributed by atoms with Gasteiger partial charge in [-0.2, -0.15) is 5.10 Å². The van der Waals surface area contributed by atoms with Crippen LogP contribution in [0.1, 0.15) is 43.5 Å². The van der Waals surface area contributed by atoms with Crippen LogP contribution in [0.15, 0.2) is 18.3 Å². The molecule has 1 aliphatic carbocycles. The fourth-order valence-corrected chi connectivity index (χ4v) is 3.34. The van der Waals surface area contributed by atoms with Crippen LogP contribution in [0.25, 0.3) is 11.3 Å². The summed E-state index contributed by atoms with van der Waals surface area (Å²) in [5.41, 5.74) is 4.36. The Morgan fingerprint density at radius 3 is 3.00 bits per heavy atom. The second kappa shape index (κ2) is 4.33. The molecule has 3 heterocycles. The van der Waals surface area contributed by atoms with E-state index in [1.165, 1.54) is 6.42 Å². The van der Waals surface area contributed by atoms with E-state index in [0.717, 1.165) is 47.7 Å². The lowest BCUT2D eigenvalue weighted by molar-refractivity contribution is 0.152. The molecule has 4 rings (SSSR count). The van der Waals surface area contributed by atoms with Crippen molar-refractivity contribution in [2.75, 3.05) is 0 Å². The third-order valence-electron chi connectivity index (χ3n) is 4.53. The fraction of sp³-hybridized carbons (Fsp3) is 0.500. The number of rotatable bonds is 2. The molecule has 1 aliphatic heterocycles. The van der Waals surface area contributed by atoms with E-state index in [0.29, 0.717) is 12.1 Å². The van der Waals surface area contributed by atoms with Gasteiger partial charge in [-0.3, -0.25) is 4.98 Å². The lowest BCUT2D eigenvalue weighted by Gasteiger charge is -2.22. The van der Waals surface area contributed by atoms with Gasteiger partial charge in [0.25, 0.3) is 0 Å². The number of aryl methyl sites for hydroxylation is 1. The summed E-state index contributed by atoms with van der Waals surface area (Å²) >= 11 is 0. The summed E-state index contributed by atoms with van der Waals surface area (Å²) in [6, 6.07) is 4.73. The maximum absolute atomic E-state index is 6.08. The van der Waals surface area contributed by atoms with Gasteiger partial charge >= 0.3 is 0 Å². The third-order valence-corrected chi connectivity index (χ3v) is 4.53. The lowest BCUT2D eigenvalue weighted by atomic mass is 10.1. The fourth-order valence-electron chi connectivity index (χ4n) is 3.34. The second-order valence-corrected chi connectivity index (χ2v) is 5.82. The monoisotopic (exact) mass is 269 g/mol. The topological polar surface area (TPSA) is 39.9 Å². The van der Waals surface area contributed by atoms with Crippen molar-refractivity contribution in [2.24, 2.45) is 0 Å². The highest BCUT2D eigenvalue weighted by atomic mass is 16.5. The van der Waals surface area contributed by atoms with Gasteiger partial charge in [-0.1, -0.05) is 6.92 Å². The average Bonchev–Trinajstić information content (AvgIpc) is 3.03. The van der Waals surface area contributed by atoms with Crippen LogP contribution in [-0.2, 0) is 6.42 Å². The molecule has 0 saturated heterocycles. The standard InChI is InChI=1S/C16H19N3O/c1-3-12-5-4-11(9-17-12)15-10(2)16-19(18-15)13-6-7-14(8-13)20-16/h4-5,9,13-14H,3,6-8H2,1-2H3. The molecule has 2 atom stereocenters. The number of hydrogen-bond donors (Lipinski definition) is 0. The average molecular weight is 269 g/mol. The Morgan fingerprint density at radius 1 is 1.35 bits per heavy atom. The Balaban J connectivity index is 1.78. The highest BCUT2D eigenvalue weighted by molar-refractivity contribution is 5.64. The van der Waals surface area contributed by atoms with Crippen molar-refractivity contribution in [3.05, 3.63) is 29.6 Å². The summed E-state index contributed by atoms with van der Waals surface area (Å²) < 4.78 is 8.18. The van der Waals surface area contributed by atoms with E-state index < -0.39 is 0 Å². The number of ether oxygens (including phenoxy) is 1. The summed E-state index contributed by atoms with van der Waals surface area (Å²) in [5, 5.41) is 4.81. The molecule has 104 valence electrons. The zero-order valence-electron chi connectivity index (χ0n) is 12.0. The molecule has 0 radical (unpaired) electrons. The van der Waals surface area contributed by atoms with Crippen molar-refractivity contribution in [3.63, 3.8) is 0 Å². The Bertz CT molecular complexity index is 644. The van der Waals surface area contributed by atoms with Crippen molar-refractivity contribution in [1.82, 2.24) is 14.8 Å². The van der Waals surface area contributed by atoms with Crippen LogP contribution in [0.5, 0.6) is 5.88 Å². The van der Waals surface area contributed by atoms with E-state index in [1.807, 2.05) is 6.20 Å². The first kappa shape index (κ1) is 11.9. The van der Waals surface area contributed by atoms with Gasteiger partial charge in [0.1, 0.15) is 11.8 Å². The molecule has 0 N–H and O–H groups in total. The highest BCUT2D eigenvalue weighted by Crippen LogP contribution is 2.43. The molecular weight excluding hydrogens is 250 g/mol. The van der Waals surface area contributed by atoms with Crippen LogP contribution >= 0.6 is 0 Å². The number of pyridine rings is 1. The minimum atomic E-state index is 0.399. The molecule has 4 nitrogen and oxygen atoms in total. The first-order chi connectivity index (χ1) is 9.76. The van der Waals surface area contributed by atoms with Crippen LogP contribution < -0.4 is 4.74 Å². The predicted octanol–water partition coefficient (Wildman–Crippen LogP) is 3.30. The molecule has 2 aromatic heterocycles. The molecule has 2 aliphatic rings. The van der Waals surface area contributed by atoms with E-state index in [2.05, 4.69) is 35.6 Å². The molecule has 0 amide bonds. The summed E-state index contributed by atoms with van der Waals surface area (Å²) in [7, 11) is 0. The normalized spacial score (nSPS) is 23.5. The number of fused-ring (bicyclic) bond motifs is 4. The molecule has 1 fully saturated rings. The van der Waals surface area contributed by atoms with Crippen LogP contribution in [0.3, 0.4) is 0 Å². The minimum absolute atomic E-state index is 0.399. The Hall–Kier alpha value is -1.84. The first-order valence-corrected chi connectivity index (χ1v) is 7.47. The number of nitrogens with zero attached hydrogens (tertiary/aromatic N) is 3. The van der Waals surface area contributed by atoms with E-state index in [1.54, 1.807) is 0 Å². The van der Waals surface area contributed by atoms with Gasteiger partial charge in [-0.25, -0.2) is 4.68 Å². The molecule has 2 unspecified atom stereocenters. The van der Waals surface area contributed by atoms with Crippen molar-refractivity contribution in [2.45, 2.75) is 51.7 Å². The van der Waals surface area contributed by atoms with Gasteiger partial charge in [-0.05, 0) is 38.3 Å². The Labute approximate surface area is 118 Å². The quantitative estimate of drug-likeness (QED) is 0.839. The number of hydrogen-bond acceptors (Lipinski definition) is 3. The molecule has 0 aromatic carbocycles. The van der Waals surface area contributed by atoms with Crippen LogP contribution in [0, 0.1) is 6.92 Å². The summed E-state index contributed by atoms with van der Waals surface area (Å²) in [6.45, 7) is 4.22. The zero-order chi connectivity index (χ0) is 13.7. The predicted molar refractivity (Wildman–Crippen MR) is 76.9 cm³/mol. The van der Waals surface area contributed by atoms with Gasteiger partial charge in [0.15, 0.2) is 0 Å². The Kier molecular flexibility index (Phi) is 2.59. The summed E-state index contributed by atoms with van der Waals surface area (Å²) in [4.78, 5) is 4.48. The highest BCUT2D eigenvalue weighted by Gasteiger charge is 2.37. The summed E-state index contributed by atoms with van der Waals surface area (Å²) in [6.07, 6.45) is 6.75. The maximum Gasteiger partial charge on any atom is 0.215 e. The van der Waals surface area contributed by atoms with Gasteiger partial charge in [0.2, 0.25) is 5.88 Å². The van der Waals surface area contributed by atoms with Gasteiger partial charge in [0.05, 0.1) is 6.04 Å².